The van der Waals surface area contributed by atoms with Crippen LogP contribution in [0.25, 0.3) is 17.2 Å². The Morgan fingerprint density at radius 3 is 1.44 bits per heavy atom. The molecule has 15 nitrogen and oxygen atoms in total. The molecular weight excluding hydrogens is 1320 g/mol. The van der Waals surface area contributed by atoms with Gasteiger partial charge in [-0.25, -0.2) is 25.3 Å². The molecule has 0 heterocycles. The van der Waals surface area contributed by atoms with Crippen LogP contribution in [0, 0.1) is 20.8 Å². The zero-order valence-electron chi connectivity index (χ0n) is 58.4. The van der Waals surface area contributed by atoms with Crippen molar-refractivity contribution in [2.45, 2.75) is 70.3 Å². The quantitative estimate of drug-likeness (QED) is 0.0308. The van der Waals surface area contributed by atoms with Crippen molar-refractivity contribution in [3.05, 3.63) is 309 Å². The Balaban J connectivity index is 0.000000262. The molecule has 100 heavy (non-hydrogen) atoms. The van der Waals surface area contributed by atoms with Crippen LogP contribution >= 0.6 is 0 Å². The number of anilines is 5. The van der Waals surface area contributed by atoms with E-state index >= 15 is 0 Å². The van der Waals surface area contributed by atoms with E-state index in [0.29, 0.717) is 39.0 Å². The first kappa shape index (κ1) is 76.8. The van der Waals surface area contributed by atoms with Gasteiger partial charge in [-0.3, -0.25) is 0 Å². The minimum absolute atomic E-state index is 0. The molecule has 0 fully saturated rings. The molecule has 11 rings (SSSR count). The molecule has 1 aliphatic rings. The topological polar surface area (TPSA) is 206 Å². The fourth-order valence-corrected chi connectivity index (χ4v) is 13.2. The summed E-state index contributed by atoms with van der Waals surface area (Å²) < 4.78 is 105. The zero-order chi connectivity index (χ0) is 71.2. The van der Waals surface area contributed by atoms with E-state index in [9.17, 15) is 25.9 Å². The van der Waals surface area contributed by atoms with E-state index in [-0.39, 0.29) is 45.3 Å². The zero-order valence-corrected chi connectivity index (χ0v) is 62.8. The summed E-state index contributed by atoms with van der Waals surface area (Å²) in [5.41, 5.74) is 23.0. The minimum Gasteiger partial charge on any atom is -0.748 e. The summed E-state index contributed by atoms with van der Waals surface area (Å²) in [7, 11) is -6.74. The Hall–Kier alpha value is -8.92. The van der Waals surface area contributed by atoms with Gasteiger partial charge in [0, 0.05) is 105 Å². The second-order valence-electron chi connectivity index (χ2n) is 24.4. The van der Waals surface area contributed by atoms with E-state index in [1.807, 2.05) is 57.2 Å². The summed E-state index contributed by atoms with van der Waals surface area (Å²) in [5, 5.41) is 3.49. The van der Waals surface area contributed by atoms with Crippen molar-refractivity contribution in [3.63, 3.8) is 0 Å². The van der Waals surface area contributed by atoms with Crippen molar-refractivity contribution in [1.29, 1.82) is 0 Å². The summed E-state index contributed by atoms with van der Waals surface area (Å²) in [5.74, 6) is 0.677. The average Bonchev–Trinajstić information content (AvgIpc) is 0.761. The fourth-order valence-electron chi connectivity index (χ4n) is 12.1. The number of hydrogen-bond acceptors (Lipinski definition) is 14. The molecule has 10 aromatic rings. The second kappa shape index (κ2) is 34.4. The summed E-state index contributed by atoms with van der Waals surface area (Å²) in [4.78, 5) is 5.94. The van der Waals surface area contributed by atoms with Crippen molar-refractivity contribution in [2.75, 3.05) is 67.1 Å². The van der Waals surface area contributed by atoms with Crippen LogP contribution in [0.5, 0.6) is 5.75 Å². The first-order chi connectivity index (χ1) is 47.2. The van der Waals surface area contributed by atoms with E-state index in [2.05, 4.69) is 242 Å². The summed E-state index contributed by atoms with van der Waals surface area (Å²) >= 11 is 0. The molecule has 0 saturated carbocycles. The van der Waals surface area contributed by atoms with Gasteiger partial charge in [0.25, 0.3) is 0 Å². The maximum absolute atomic E-state index is 11.7. The number of benzene rings is 10. The number of hydrogen-bond donors (Lipinski definition) is 1. The molecule has 1 N–H and O–H groups in total. The second-order valence-corrected chi connectivity index (χ2v) is 28.6. The number of aryl methyl sites for hydroxylation is 3. The van der Waals surface area contributed by atoms with Crippen molar-refractivity contribution in [3.8, 4) is 5.75 Å². The third kappa shape index (κ3) is 20.4. The van der Waals surface area contributed by atoms with E-state index in [1.54, 1.807) is 12.1 Å². The van der Waals surface area contributed by atoms with Crippen LogP contribution in [0.3, 0.4) is 0 Å². The third-order valence-electron chi connectivity index (χ3n) is 17.1. The maximum atomic E-state index is 11.7. The van der Waals surface area contributed by atoms with Crippen LogP contribution in [-0.2, 0) is 43.4 Å². The molecule has 0 aromatic heterocycles. The SMILES string of the molecule is CCOc1ccc(Nc2ccc(C(c3ccc(N(CC)Cc4cccc(S(=O)(=O)[O-])c4)cc3C)c3ccc(N(CC)Cc4cccc(S(=O)(=O)[O-])c4)cc3C)cc2)cc1.CS(=O)(=O)[O-].Cc1ccc(C(=C2C(=[N+](C)c3ccccc3)C=Cc3ccccc32)c2ccc(N(C)C)cc2)cc1.[Na+]. The van der Waals surface area contributed by atoms with Gasteiger partial charge in [0.15, 0.2) is 0 Å². The van der Waals surface area contributed by atoms with Crippen LogP contribution in [-0.4, -0.2) is 96.3 Å². The van der Waals surface area contributed by atoms with Gasteiger partial charge in [-0.05, 0) is 206 Å². The van der Waals surface area contributed by atoms with E-state index in [1.165, 1.54) is 74.6 Å². The minimum atomic E-state index is -4.57. The van der Waals surface area contributed by atoms with Gasteiger partial charge < -0.3 is 38.4 Å². The van der Waals surface area contributed by atoms with Crippen LogP contribution in [0.1, 0.15) is 93.5 Å². The normalized spacial score (nSPS) is 12.9. The number of para-hydroxylation sites is 1. The predicted molar refractivity (Wildman–Crippen MR) is 399 cm³/mol. The van der Waals surface area contributed by atoms with Crippen LogP contribution in [0.15, 0.2) is 252 Å². The molecule has 19 heteroatoms. The summed E-state index contributed by atoms with van der Waals surface area (Å²) in [6, 6.07) is 78.6. The Bertz CT molecular complexity index is 4770. The van der Waals surface area contributed by atoms with Gasteiger partial charge in [0.1, 0.15) is 33.0 Å². The fraction of sp³-hybridized carbons (Fsp3) is 0.198. The molecule has 1 aliphatic carbocycles. The van der Waals surface area contributed by atoms with Crippen LogP contribution in [0.4, 0.5) is 34.1 Å². The molecule has 0 aliphatic heterocycles. The Morgan fingerprint density at radius 2 is 0.980 bits per heavy atom. The predicted octanol–water partition coefficient (Wildman–Crippen LogP) is 13.1. The third-order valence-corrected chi connectivity index (χ3v) is 18.8. The van der Waals surface area contributed by atoms with Crippen LogP contribution in [0.2, 0.25) is 0 Å². The molecule has 10 aromatic carbocycles. The van der Waals surface area contributed by atoms with Gasteiger partial charge in [-0.15, -0.1) is 0 Å². The maximum Gasteiger partial charge on any atom is 1.00 e. The van der Waals surface area contributed by atoms with E-state index in [0.717, 1.165) is 73.1 Å². The molecule has 0 amide bonds. The van der Waals surface area contributed by atoms with Crippen molar-refractivity contribution in [2.24, 2.45) is 0 Å². The van der Waals surface area contributed by atoms with E-state index in [4.69, 9.17) is 17.7 Å². The molecule has 0 bridgehead atoms. The van der Waals surface area contributed by atoms with Crippen molar-refractivity contribution >= 4 is 87.4 Å². The van der Waals surface area contributed by atoms with Crippen molar-refractivity contribution in [1.82, 2.24) is 0 Å². The Kier molecular flexibility index (Phi) is 26.5. The van der Waals surface area contributed by atoms with Gasteiger partial charge in [0.2, 0.25) is 11.4 Å². The number of allylic oxidation sites excluding steroid dienone is 2. The number of ether oxygens (including phenoxy) is 1. The molecule has 0 unspecified atom stereocenters. The Morgan fingerprint density at radius 1 is 0.520 bits per heavy atom. The molecule has 512 valence electrons. The van der Waals surface area contributed by atoms with E-state index < -0.39 is 30.4 Å². The van der Waals surface area contributed by atoms with Gasteiger partial charge in [-0.2, -0.15) is 4.58 Å². The van der Waals surface area contributed by atoms with Gasteiger partial charge >= 0.3 is 29.6 Å². The largest absolute Gasteiger partial charge is 1.00 e. The number of fused-ring (bicyclic) bond motifs is 1. The standard InChI is InChI=1S/C47H51N3O7S2.C33H31N2.CH4O3S.Na/c1-6-49(31-35-11-9-13-43(29-35)58(51,52)53)40-21-25-45(33(4)27-40)47(37-15-17-38(18-16-37)48-39-19-23-42(24-20-39)57-8-3)46-26-22-41(28-34(46)5)50(7-2)32-36-12-10-14-44(30-36)59(54,55)56;1-24-14-16-26(17-15-24)32(27-18-21-28(22-19-27)34(2)3)33-30-13-9-8-10-25(30)20-23-31(33)35(4)29-11-6-5-7-12-29;1-5(2,3)4;/h9-30,47-48H,6-8,31-32H2,1-5H3,(H,51,52,53)(H,54,55,56);5-23H,1-4H3;1H3,(H,2,3,4);/q;+1;;+1/p-3. The first-order valence-electron chi connectivity index (χ1n) is 32.5. The summed E-state index contributed by atoms with van der Waals surface area (Å²) in [6.07, 6.45) is 5.09. The monoisotopic (exact) mass is 1400 g/mol. The number of nitrogens with zero attached hydrogens (tertiary/aromatic N) is 4. The average molecular weight is 1410 g/mol. The first-order valence-corrected chi connectivity index (χ1v) is 37.2. The molecule has 0 saturated heterocycles. The summed E-state index contributed by atoms with van der Waals surface area (Å²) in [6.45, 7) is 15.2. The molecule has 0 atom stereocenters. The van der Waals surface area contributed by atoms with Crippen LogP contribution < -0.4 is 54.3 Å². The smallest absolute Gasteiger partial charge is 0.748 e. The molecule has 0 spiro atoms. The number of nitrogens with one attached hydrogen (secondary N) is 1. The van der Waals surface area contributed by atoms with Gasteiger partial charge in [-0.1, -0.05) is 133 Å². The number of rotatable bonds is 21. The molecule has 0 radical (unpaired) electrons. The Labute approximate surface area is 613 Å². The molecular formula is C81H83N5NaO10S3-. The van der Waals surface area contributed by atoms with Gasteiger partial charge in [0.05, 0.1) is 32.1 Å². The van der Waals surface area contributed by atoms with Crippen molar-refractivity contribution < 1.29 is 77.8 Å².